The second-order valence-electron chi connectivity index (χ2n) is 4.89. The third-order valence-corrected chi connectivity index (χ3v) is 3.82. The van der Waals surface area contributed by atoms with Gasteiger partial charge in [-0.05, 0) is 52.9 Å². The van der Waals surface area contributed by atoms with Crippen molar-refractivity contribution in [2.45, 2.75) is 0 Å². The predicted octanol–water partition coefficient (Wildman–Crippen LogP) is 3.53. The molecule has 0 saturated heterocycles. The molecule has 0 radical (unpaired) electrons. The number of rotatable bonds is 5. The van der Waals surface area contributed by atoms with E-state index >= 15 is 0 Å². The maximum absolute atomic E-state index is 12.0. The summed E-state index contributed by atoms with van der Waals surface area (Å²) in [5.74, 6) is 0.549. The van der Waals surface area contributed by atoms with Crippen molar-refractivity contribution in [3.05, 3.63) is 70.4 Å². The van der Waals surface area contributed by atoms with E-state index in [1.807, 2.05) is 66.9 Å². The quantitative estimate of drug-likeness (QED) is 0.624. The van der Waals surface area contributed by atoms with Crippen LogP contribution in [0.2, 0.25) is 0 Å². The summed E-state index contributed by atoms with van der Waals surface area (Å²) in [4.78, 5) is 12.0. The normalized spacial score (nSPS) is 10.3. The number of hydrogen-bond acceptors (Lipinski definition) is 3. The molecular formula is C17H15IN4O. The van der Waals surface area contributed by atoms with Crippen molar-refractivity contribution in [2.75, 3.05) is 17.2 Å². The molecule has 1 aromatic heterocycles. The number of carbonyl (C=O) groups excluding carboxylic acids is 1. The monoisotopic (exact) mass is 418 g/mol. The zero-order valence-corrected chi connectivity index (χ0v) is 14.4. The van der Waals surface area contributed by atoms with Crippen LogP contribution in [0.1, 0.15) is 0 Å². The van der Waals surface area contributed by atoms with Gasteiger partial charge in [-0.15, -0.1) is 0 Å². The lowest BCUT2D eigenvalue weighted by Gasteiger charge is -2.06. The minimum absolute atomic E-state index is 0.110. The summed E-state index contributed by atoms with van der Waals surface area (Å²) < 4.78 is 2.84. The first kappa shape index (κ1) is 15.5. The molecule has 2 N–H and O–H groups in total. The predicted molar refractivity (Wildman–Crippen MR) is 99.8 cm³/mol. The third-order valence-electron chi connectivity index (χ3n) is 3.15. The average Bonchev–Trinajstić information content (AvgIpc) is 3.03. The molecular weight excluding hydrogens is 403 g/mol. The van der Waals surface area contributed by atoms with Crippen LogP contribution < -0.4 is 10.6 Å². The highest BCUT2D eigenvalue weighted by Crippen LogP contribution is 2.13. The Morgan fingerprint density at radius 1 is 1.09 bits per heavy atom. The second kappa shape index (κ2) is 7.28. The van der Waals surface area contributed by atoms with Crippen molar-refractivity contribution in [3.8, 4) is 5.69 Å². The van der Waals surface area contributed by atoms with Gasteiger partial charge in [0.25, 0.3) is 0 Å². The van der Waals surface area contributed by atoms with Gasteiger partial charge in [-0.3, -0.25) is 4.79 Å². The van der Waals surface area contributed by atoms with Crippen LogP contribution in [0.3, 0.4) is 0 Å². The Kier molecular flexibility index (Phi) is 4.92. The van der Waals surface area contributed by atoms with Crippen molar-refractivity contribution in [2.24, 2.45) is 0 Å². The standard InChI is InChI=1S/C17H15IN4O/c18-13-5-4-6-14(11-13)20-17(23)12-19-16-9-10-22(21-16)15-7-2-1-3-8-15/h1-11H,12H2,(H,19,21)(H,20,23). The summed E-state index contributed by atoms with van der Waals surface area (Å²) in [5.41, 5.74) is 1.77. The maximum Gasteiger partial charge on any atom is 0.243 e. The van der Waals surface area contributed by atoms with E-state index in [9.17, 15) is 4.79 Å². The molecule has 3 rings (SSSR count). The van der Waals surface area contributed by atoms with E-state index in [-0.39, 0.29) is 12.5 Å². The van der Waals surface area contributed by atoms with Gasteiger partial charge in [0.15, 0.2) is 0 Å². The van der Waals surface area contributed by atoms with Crippen molar-refractivity contribution in [1.82, 2.24) is 9.78 Å². The summed E-state index contributed by atoms with van der Waals surface area (Å²) in [6.07, 6.45) is 1.86. The number of hydrogen-bond donors (Lipinski definition) is 2. The molecule has 23 heavy (non-hydrogen) atoms. The van der Waals surface area contributed by atoms with Gasteiger partial charge >= 0.3 is 0 Å². The van der Waals surface area contributed by atoms with Gasteiger partial charge in [0, 0.05) is 21.5 Å². The van der Waals surface area contributed by atoms with Gasteiger partial charge in [0.1, 0.15) is 5.82 Å². The number of nitrogens with one attached hydrogen (secondary N) is 2. The van der Waals surface area contributed by atoms with Crippen LogP contribution in [0.15, 0.2) is 66.9 Å². The highest BCUT2D eigenvalue weighted by atomic mass is 127. The van der Waals surface area contributed by atoms with Gasteiger partial charge < -0.3 is 10.6 Å². The summed E-state index contributed by atoms with van der Waals surface area (Å²) in [5, 5.41) is 10.3. The van der Waals surface area contributed by atoms with Crippen LogP contribution in [-0.4, -0.2) is 22.2 Å². The van der Waals surface area contributed by atoms with Gasteiger partial charge in [0.2, 0.25) is 5.91 Å². The topological polar surface area (TPSA) is 59.0 Å². The lowest BCUT2D eigenvalue weighted by atomic mass is 10.3. The zero-order valence-electron chi connectivity index (χ0n) is 12.2. The molecule has 0 aliphatic heterocycles. The highest BCUT2D eigenvalue weighted by molar-refractivity contribution is 14.1. The molecule has 5 nitrogen and oxygen atoms in total. The van der Waals surface area contributed by atoms with Gasteiger partial charge in [-0.2, -0.15) is 5.10 Å². The molecule has 0 spiro atoms. The Bertz CT molecular complexity index is 801. The van der Waals surface area contributed by atoms with Crippen LogP contribution >= 0.6 is 22.6 Å². The van der Waals surface area contributed by atoms with E-state index in [0.717, 1.165) is 14.9 Å². The van der Waals surface area contributed by atoms with E-state index in [1.54, 1.807) is 4.68 Å². The molecule has 1 amide bonds. The summed E-state index contributed by atoms with van der Waals surface area (Å²) in [7, 11) is 0. The number of aromatic nitrogens is 2. The van der Waals surface area contributed by atoms with E-state index in [1.165, 1.54) is 0 Å². The summed E-state index contributed by atoms with van der Waals surface area (Å²) in [6.45, 7) is 0.164. The van der Waals surface area contributed by atoms with Crippen LogP contribution in [0.25, 0.3) is 5.69 Å². The molecule has 0 bridgehead atoms. The highest BCUT2D eigenvalue weighted by Gasteiger charge is 2.05. The molecule has 0 aliphatic carbocycles. The van der Waals surface area contributed by atoms with E-state index in [0.29, 0.717) is 5.82 Å². The molecule has 0 atom stereocenters. The fourth-order valence-corrected chi connectivity index (χ4v) is 2.63. The number of nitrogens with zero attached hydrogens (tertiary/aromatic N) is 2. The van der Waals surface area contributed by atoms with Crippen molar-refractivity contribution in [3.63, 3.8) is 0 Å². The number of anilines is 2. The Balaban J connectivity index is 1.56. The Hall–Kier alpha value is -2.35. The number of para-hydroxylation sites is 1. The van der Waals surface area contributed by atoms with Crippen molar-refractivity contribution >= 4 is 40.0 Å². The number of carbonyl (C=O) groups is 1. The van der Waals surface area contributed by atoms with E-state index < -0.39 is 0 Å². The number of amides is 1. The number of benzene rings is 2. The first-order chi connectivity index (χ1) is 11.2. The van der Waals surface area contributed by atoms with E-state index in [2.05, 4.69) is 38.3 Å². The molecule has 6 heteroatoms. The first-order valence-electron chi connectivity index (χ1n) is 7.11. The number of halogens is 1. The molecule has 0 aliphatic rings. The lowest BCUT2D eigenvalue weighted by molar-refractivity contribution is -0.114. The zero-order chi connectivity index (χ0) is 16.1. The van der Waals surface area contributed by atoms with Crippen molar-refractivity contribution in [1.29, 1.82) is 0 Å². The average molecular weight is 418 g/mol. The lowest BCUT2D eigenvalue weighted by Crippen LogP contribution is -2.22. The summed E-state index contributed by atoms with van der Waals surface area (Å²) >= 11 is 2.21. The minimum atomic E-state index is -0.110. The fourth-order valence-electron chi connectivity index (χ4n) is 2.09. The van der Waals surface area contributed by atoms with Gasteiger partial charge in [-0.1, -0.05) is 24.3 Å². The Labute approximate surface area is 147 Å². The fraction of sp³-hybridized carbons (Fsp3) is 0.0588. The molecule has 0 unspecified atom stereocenters. The molecule has 116 valence electrons. The maximum atomic E-state index is 12.0. The first-order valence-corrected chi connectivity index (χ1v) is 8.19. The molecule has 3 aromatic rings. The van der Waals surface area contributed by atoms with Crippen LogP contribution in [-0.2, 0) is 4.79 Å². The third kappa shape index (κ3) is 4.32. The van der Waals surface area contributed by atoms with Crippen LogP contribution in [0.5, 0.6) is 0 Å². The van der Waals surface area contributed by atoms with Gasteiger partial charge in [0.05, 0.1) is 12.2 Å². The van der Waals surface area contributed by atoms with Crippen LogP contribution in [0, 0.1) is 3.57 Å². The molecule has 2 aromatic carbocycles. The molecule has 0 saturated carbocycles. The second-order valence-corrected chi connectivity index (χ2v) is 6.14. The Morgan fingerprint density at radius 2 is 1.91 bits per heavy atom. The summed E-state index contributed by atoms with van der Waals surface area (Å²) in [6, 6.07) is 19.3. The van der Waals surface area contributed by atoms with E-state index in [4.69, 9.17) is 0 Å². The Morgan fingerprint density at radius 3 is 2.70 bits per heavy atom. The van der Waals surface area contributed by atoms with Crippen LogP contribution in [0.4, 0.5) is 11.5 Å². The largest absolute Gasteiger partial charge is 0.360 e. The molecule has 1 heterocycles. The minimum Gasteiger partial charge on any atom is -0.360 e. The SMILES string of the molecule is O=C(CNc1ccn(-c2ccccc2)n1)Nc1cccc(I)c1. The van der Waals surface area contributed by atoms with Gasteiger partial charge in [-0.25, -0.2) is 4.68 Å². The smallest absolute Gasteiger partial charge is 0.243 e. The van der Waals surface area contributed by atoms with Crippen molar-refractivity contribution < 1.29 is 4.79 Å². The molecule has 0 fully saturated rings.